The lowest BCUT2D eigenvalue weighted by Gasteiger charge is -1.95. The minimum absolute atomic E-state index is 0.164. The quantitative estimate of drug-likeness (QED) is 0.370. The van der Waals surface area contributed by atoms with Gasteiger partial charge in [0.1, 0.15) is 0 Å². The van der Waals surface area contributed by atoms with E-state index in [2.05, 4.69) is 4.79 Å². The van der Waals surface area contributed by atoms with Crippen molar-refractivity contribution in [2.24, 2.45) is 0 Å². The van der Waals surface area contributed by atoms with Gasteiger partial charge in [-0.25, -0.2) is 0 Å². The van der Waals surface area contributed by atoms with Crippen LogP contribution in [-0.4, -0.2) is 16.3 Å². The summed E-state index contributed by atoms with van der Waals surface area (Å²) < 4.78 is 0. The Balaban J connectivity index is 2.40. The van der Waals surface area contributed by atoms with Gasteiger partial charge in [0, 0.05) is 5.56 Å². The van der Waals surface area contributed by atoms with E-state index in [0.717, 1.165) is 0 Å². The minimum atomic E-state index is -0.230. The zero-order valence-electron chi connectivity index (χ0n) is 9.13. The summed E-state index contributed by atoms with van der Waals surface area (Å²) in [7, 11) is 0. The third-order valence-corrected chi connectivity index (χ3v) is 2.41. The summed E-state index contributed by atoms with van der Waals surface area (Å²) in [5.74, 6) is -0.230. The molecular formula is C14H11N2O+. The highest BCUT2D eigenvalue weighted by molar-refractivity contribution is 6.49. The number of carbonyl (C=O) groups is 1. The van der Waals surface area contributed by atoms with Gasteiger partial charge in [-0.1, -0.05) is 48.5 Å². The van der Waals surface area contributed by atoms with Crippen LogP contribution in [0.25, 0.3) is 0 Å². The zero-order chi connectivity index (χ0) is 12.1. The number of hydrogen-bond acceptors (Lipinski definition) is 2. The van der Waals surface area contributed by atoms with Crippen molar-refractivity contribution in [3.8, 4) is 0 Å². The highest BCUT2D eigenvalue weighted by Gasteiger charge is 2.26. The van der Waals surface area contributed by atoms with E-state index in [1.54, 1.807) is 36.4 Å². The van der Waals surface area contributed by atoms with Crippen molar-refractivity contribution in [2.75, 3.05) is 0 Å². The van der Waals surface area contributed by atoms with Gasteiger partial charge >= 0.3 is 5.71 Å². The summed E-state index contributed by atoms with van der Waals surface area (Å²) in [4.78, 5) is 15.5. The molecule has 0 aromatic heterocycles. The van der Waals surface area contributed by atoms with Crippen LogP contribution in [0.4, 0.5) is 0 Å². The minimum Gasteiger partial charge on any atom is -0.280 e. The van der Waals surface area contributed by atoms with Crippen molar-refractivity contribution in [1.29, 1.82) is 5.53 Å². The lowest BCUT2D eigenvalue weighted by Crippen LogP contribution is -2.16. The molecule has 0 aliphatic heterocycles. The molecule has 0 saturated heterocycles. The van der Waals surface area contributed by atoms with Crippen molar-refractivity contribution in [1.82, 2.24) is 0 Å². The van der Waals surface area contributed by atoms with Gasteiger partial charge in [-0.15, -0.1) is 0 Å². The Hall–Kier alpha value is -2.51. The second-order valence-electron chi connectivity index (χ2n) is 3.52. The Morgan fingerprint density at radius 3 is 1.76 bits per heavy atom. The van der Waals surface area contributed by atoms with Crippen LogP contribution >= 0.6 is 0 Å². The first-order valence-electron chi connectivity index (χ1n) is 5.22. The molecule has 0 aliphatic rings. The molecule has 0 bridgehead atoms. The molecule has 2 aromatic carbocycles. The third kappa shape index (κ3) is 2.36. The van der Waals surface area contributed by atoms with E-state index in [9.17, 15) is 4.79 Å². The van der Waals surface area contributed by atoms with Gasteiger partial charge in [-0.3, -0.25) is 4.79 Å². The summed E-state index contributed by atoms with van der Waals surface area (Å²) in [5, 5.41) is 0. The van der Waals surface area contributed by atoms with Crippen molar-refractivity contribution in [3.63, 3.8) is 0 Å². The Morgan fingerprint density at radius 1 is 0.824 bits per heavy atom. The van der Waals surface area contributed by atoms with E-state index < -0.39 is 0 Å². The van der Waals surface area contributed by atoms with Gasteiger partial charge in [0.15, 0.2) is 0 Å². The monoisotopic (exact) mass is 223 g/mol. The molecule has 3 heteroatoms. The van der Waals surface area contributed by atoms with Crippen LogP contribution in [-0.2, 0) is 0 Å². The highest BCUT2D eigenvalue weighted by atomic mass is 16.1. The lowest BCUT2D eigenvalue weighted by molar-refractivity contribution is -0.117. The second-order valence-corrected chi connectivity index (χ2v) is 3.52. The molecule has 3 nitrogen and oxygen atoms in total. The van der Waals surface area contributed by atoms with Crippen LogP contribution in [0, 0.1) is 5.53 Å². The average Bonchev–Trinajstić information content (AvgIpc) is 2.42. The number of rotatable bonds is 3. The largest absolute Gasteiger partial charge is 0.419 e. The van der Waals surface area contributed by atoms with E-state index in [0.29, 0.717) is 11.1 Å². The zero-order valence-corrected chi connectivity index (χ0v) is 9.13. The number of nitrogens with zero attached hydrogens (tertiary/aromatic N) is 1. The number of carbonyl (C=O) groups excluding carboxylic acids is 1. The standard InChI is InChI=1S/C14H11N2O/c15-16-13(11-7-3-1-4-8-11)14(17)12-9-5-2-6-10-12/h1-10,15H/q+1. The van der Waals surface area contributed by atoms with Crippen LogP contribution in [0.3, 0.4) is 0 Å². The molecule has 17 heavy (non-hydrogen) atoms. The molecule has 1 N–H and O–H groups in total. The van der Waals surface area contributed by atoms with Gasteiger partial charge in [-0.2, -0.15) is 0 Å². The number of hydrogen-bond donors (Lipinski definition) is 1. The van der Waals surface area contributed by atoms with Crippen LogP contribution in [0.15, 0.2) is 60.7 Å². The maximum atomic E-state index is 12.1. The summed E-state index contributed by atoms with van der Waals surface area (Å²) in [6.07, 6.45) is 0. The topological polar surface area (TPSA) is 55.0 Å². The molecule has 2 aromatic rings. The predicted octanol–water partition coefficient (Wildman–Crippen LogP) is 2.60. The summed E-state index contributed by atoms with van der Waals surface area (Å²) in [5.41, 5.74) is 8.52. The first-order chi connectivity index (χ1) is 8.33. The maximum absolute atomic E-state index is 12.1. The lowest BCUT2D eigenvalue weighted by atomic mass is 10.0. The SMILES string of the molecule is N=[N+]=C(C(=O)c1ccccc1)c1ccccc1. The van der Waals surface area contributed by atoms with Crippen LogP contribution in [0.1, 0.15) is 15.9 Å². The fourth-order valence-corrected chi connectivity index (χ4v) is 1.57. The normalized spacial score (nSPS) is 9.41. The van der Waals surface area contributed by atoms with Crippen LogP contribution in [0.2, 0.25) is 0 Å². The molecule has 0 fully saturated rings. The second kappa shape index (κ2) is 5.01. The van der Waals surface area contributed by atoms with Gasteiger partial charge in [0.05, 0.1) is 15.9 Å². The Morgan fingerprint density at radius 2 is 1.29 bits per heavy atom. The average molecular weight is 223 g/mol. The first-order valence-corrected chi connectivity index (χ1v) is 5.22. The van der Waals surface area contributed by atoms with E-state index in [4.69, 9.17) is 5.53 Å². The highest BCUT2D eigenvalue weighted by Crippen LogP contribution is 2.06. The fraction of sp³-hybridized carbons (Fsp3) is 0. The van der Waals surface area contributed by atoms with Crippen LogP contribution < -0.4 is 0 Å². The summed E-state index contributed by atoms with van der Waals surface area (Å²) in [6.45, 7) is 0. The smallest absolute Gasteiger partial charge is 0.280 e. The molecule has 0 unspecified atom stereocenters. The number of ketones is 1. The van der Waals surface area contributed by atoms with Gasteiger partial charge in [0.2, 0.25) is 0 Å². The molecule has 82 valence electrons. The van der Waals surface area contributed by atoms with Crippen LogP contribution in [0.5, 0.6) is 0 Å². The van der Waals surface area contributed by atoms with E-state index >= 15 is 0 Å². The molecule has 0 heterocycles. The summed E-state index contributed by atoms with van der Waals surface area (Å²) in [6, 6.07) is 17.9. The summed E-state index contributed by atoms with van der Waals surface area (Å²) >= 11 is 0. The van der Waals surface area contributed by atoms with Gasteiger partial charge in [0.25, 0.3) is 5.78 Å². The molecule has 0 atom stereocenters. The third-order valence-electron chi connectivity index (χ3n) is 2.41. The molecule has 0 amide bonds. The maximum Gasteiger partial charge on any atom is 0.419 e. The van der Waals surface area contributed by atoms with Crippen molar-refractivity contribution in [2.45, 2.75) is 0 Å². The predicted molar refractivity (Wildman–Crippen MR) is 64.3 cm³/mol. The molecular weight excluding hydrogens is 212 g/mol. The van der Waals surface area contributed by atoms with E-state index in [1.165, 1.54) is 0 Å². The van der Waals surface area contributed by atoms with Gasteiger partial charge < -0.3 is 0 Å². The Bertz CT molecular complexity index is 570. The molecule has 0 aliphatic carbocycles. The number of benzene rings is 2. The van der Waals surface area contributed by atoms with E-state index in [1.807, 2.05) is 24.3 Å². The number of Topliss-reactive ketones (excluding diaryl/α,β-unsaturated/α-hetero) is 1. The van der Waals surface area contributed by atoms with E-state index in [-0.39, 0.29) is 11.5 Å². The molecule has 0 spiro atoms. The van der Waals surface area contributed by atoms with Crippen molar-refractivity contribution < 1.29 is 9.58 Å². The number of nitrogens with one attached hydrogen (secondary N) is 1. The molecule has 0 radical (unpaired) electrons. The Kier molecular flexibility index (Phi) is 3.24. The molecule has 2 rings (SSSR count). The van der Waals surface area contributed by atoms with Crippen molar-refractivity contribution in [3.05, 3.63) is 71.8 Å². The van der Waals surface area contributed by atoms with Crippen molar-refractivity contribution >= 4 is 11.5 Å². The first kappa shape index (κ1) is 11.0. The molecule has 0 saturated carbocycles. The fourth-order valence-electron chi connectivity index (χ4n) is 1.57. The van der Waals surface area contributed by atoms with Gasteiger partial charge in [-0.05, 0) is 12.1 Å². The Labute approximate surface area is 99.0 Å².